The number of nitrogens with one attached hydrogen (secondary N) is 2. The van der Waals surface area contributed by atoms with Crippen LogP contribution < -0.4 is 11.1 Å². The monoisotopic (exact) mass is 383 g/mol. The average molecular weight is 383 g/mol. The third-order valence-corrected chi connectivity index (χ3v) is 6.13. The van der Waals surface area contributed by atoms with E-state index in [9.17, 15) is 9.59 Å². The minimum Gasteiger partial charge on any atom is -0.368 e. The number of aryl methyl sites for hydroxylation is 1. The van der Waals surface area contributed by atoms with E-state index < -0.39 is 11.9 Å². The Kier molecular flexibility index (Phi) is 5.64. The van der Waals surface area contributed by atoms with Crippen LogP contribution in [0.2, 0.25) is 0 Å². The molecule has 2 fully saturated rings. The lowest BCUT2D eigenvalue weighted by molar-refractivity contribution is -0.143. The highest BCUT2D eigenvalue weighted by Gasteiger charge is 2.36. The van der Waals surface area contributed by atoms with Gasteiger partial charge in [0.25, 0.3) is 0 Å². The number of carbonyl (C=O) groups is 2. The first kappa shape index (κ1) is 19.0. The molecule has 2 aliphatic rings. The van der Waals surface area contributed by atoms with Gasteiger partial charge in [0.2, 0.25) is 11.8 Å². The van der Waals surface area contributed by atoms with E-state index in [1.807, 2.05) is 24.4 Å². The van der Waals surface area contributed by atoms with Crippen LogP contribution in [0.4, 0.5) is 0 Å². The second-order valence-electron chi connectivity index (χ2n) is 7.88. The fourth-order valence-electron chi connectivity index (χ4n) is 4.50. The molecule has 1 atom stereocenters. The van der Waals surface area contributed by atoms with Crippen molar-refractivity contribution in [1.82, 2.24) is 20.1 Å². The number of amides is 2. The summed E-state index contributed by atoms with van der Waals surface area (Å²) in [6, 6.07) is 8.19. The number of rotatable bonds is 5. The average Bonchev–Trinajstić information content (AvgIpc) is 3.20. The van der Waals surface area contributed by atoms with E-state index in [1.165, 1.54) is 0 Å². The van der Waals surface area contributed by atoms with Crippen molar-refractivity contribution >= 4 is 22.7 Å². The molecular weight excluding hydrogens is 354 g/mol. The maximum Gasteiger partial charge on any atom is 0.241 e. The van der Waals surface area contributed by atoms with Crippen LogP contribution in [-0.4, -0.2) is 71.4 Å². The molecule has 0 aliphatic carbocycles. The van der Waals surface area contributed by atoms with Gasteiger partial charge in [0.1, 0.15) is 6.04 Å². The minimum atomic E-state index is -0.525. The predicted octanol–water partition coefficient (Wildman–Crippen LogP) is 0.851. The Labute approximate surface area is 165 Å². The summed E-state index contributed by atoms with van der Waals surface area (Å²) in [7, 11) is 0. The van der Waals surface area contributed by atoms with Crippen LogP contribution >= 0.6 is 0 Å². The molecule has 1 aromatic carbocycles. The van der Waals surface area contributed by atoms with E-state index in [-0.39, 0.29) is 5.91 Å². The highest BCUT2D eigenvalue weighted by Crippen LogP contribution is 2.20. The molecule has 150 valence electrons. The molecule has 2 aromatic rings. The minimum absolute atomic E-state index is 0.0166. The summed E-state index contributed by atoms with van der Waals surface area (Å²) < 4.78 is 0. The number of piperazine rings is 1. The zero-order valence-electron chi connectivity index (χ0n) is 16.2. The zero-order chi connectivity index (χ0) is 19.5. The number of aromatic nitrogens is 1. The summed E-state index contributed by atoms with van der Waals surface area (Å²) in [5.41, 5.74) is 7.89. The van der Waals surface area contributed by atoms with Crippen LogP contribution in [0.3, 0.4) is 0 Å². The van der Waals surface area contributed by atoms with Crippen LogP contribution in [0, 0.1) is 0 Å². The van der Waals surface area contributed by atoms with Crippen LogP contribution in [0.15, 0.2) is 30.5 Å². The lowest BCUT2D eigenvalue weighted by Gasteiger charge is -2.44. The lowest BCUT2D eigenvalue weighted by Crippen LogP contribution is -2.62. The second-order valence-corrected chi connectivity index (χ2v) is 7.88. The summed E-state index contributed by atoms with van der Waals surface area (Å²) in [6.45, 7) is 3.97. The normalized spacial score (nSPS) is 21.9. The molecule has 4 N–H and O–H groups in total. The molecule has 0 bridgehead atoms. The van der Waals surface area contributed by atoms with Crippen molar-refractivity contribution in [2.75, 3.05) is 32.7 Å². The molecule has 7 nitrogen and oxygen atoms in total. The quantitative estimate of drug-likeness (QED) is 0.713. The number of hydrogen-bond donors (Lipinski definition) is 3. The van der Waals surface area contributed by atoms with Gasteiger partial charge in [0.05, 0.1) is 0 Å². The topological polar surface area (TPSA) is 94.5 Å². The van der Waals surface area contributed by atoms with E-state index in [0.29, 0.717) is 32.0 Å². The van der Waals surface area contributed by atoms with Crippen LogP contribution in [0.25, 0.3) is 10.9 Å². The molecule has 7 heteroatoms. The van der Waals surface area contributed by atoms with Gasteiger partial charge >= 0.3 is 0 Å². The van der Waals surface area contributed by atoms with Crippen molar-refractivity contribution in [3.63, 3.8) is 0 Å². The van der Waals surface area contributed by atoms with Crippen molar-refractivity contribution in [3.8, 4) is 0 Å². The van der Waals surface area contributed by atoms with Gasteiger partial charge in [0.15, 0.2) is 0 Å². The fraction of sp³-hybridized carbons (Fsp3) is 0.524. The zero-order valence-corrected chi connectivity index (χ0v) is 16.2. The first-order chi connectivity index (χ1) is 13.6. The molecular formula is C21H29N5O2. The van der Waals surface area contributed by atoms with Gasteiger partial charge in [-0.3, -0.25) is 14.5 Å². The van der Waals surface area contributed by atoms with Gasteiger partial charge in [-0.2, -0.15) is 0 Å². The number of benzene rings is 1. The summed E-state index contributed by atoms with van der Waals surface area (Å²) >= 11 is 0. The van der Waals surface area contributed by atoms with Gasteiger partial charge < -0.3 is 20.9 Å². The highest BCUT2D eigenvalue weighted by atomic mass is 16.2. The summed E-state index contributed by atoms with van der Waals surface area (Å²) in [5, 5.41) is 4.52. The maximum absolute atomic E-state index is 12.9. The maximum atomic E-state index is 12.9. The molecule has 3 heterocycles. The van der Waals surface area contributed by atoms with Crippen molar-refractivity contribution in [3.05, 3.63) is 36.0 Å². The van der Waals surface area contributed by atoms with Gasteiger partial charge in [0, 0.05) is 43.8 Å². The SMILES string of the molecule is NC(=O)C1CN(C2CCNCC2)CCN1C(=O)CCc1ccc2[nH]ccc2c1. The molecule has 4 rings (SSSR count). The van der Waals surface area contributed by atoms with Crippen LogP contribution in [-0.2, 0) is 16.0 Å². The predicted molar refractivity (Wildman–Crippen MR) is 109 cm³/mol. The third-order valence-electron chi connectivity index (χ3n) is 6.13. The Morgan fingerprint density at radius 2 is 1.96 bits per heavy atom. The number of carbonyl (C=O) groups excluding carboxylic acids is 2. The van der Waals surface area contributed by atoms with Crippen LogP contribution in [0.5, 0.6) is 0 Å². The van der Waals surface area contributed by atoms with Crippen molar-refractivity contribution in [1.29, 1.82) is 0 Å². The van der Waals surface area contributed by atoms with Crippen LogP contribution in [0.1, 0.15) is 24.8 Å². The van der Waals surface area contributed by atoms with Crippen molar-refractivity contribution in [2.24, 2.45) is 5.73 Å². The number of aromatic amines is 1. The number of H-pyrrole nitrogens is 1. The number of fused-ring (bicyclic) bond motifs is 1. The van der Waals surface area contributed by atoms with Crippen molar-refractivity contribution in [2.45, 2.75) is 37.8 Å². The molecule has 0 spiro atoms. The molecule has 1 unspecified atom stereocenters. The number of hydrogen-bond acceptors (Lipinski definition) is 4. The Bertz CT molecular complexity index is 842. The number of piperidine rings is 1. The molecule has 2 saturated heterocycles. The van der Waals surface area contributed by atoms with Gasteiger partial charge in [-0.1, -0.05) is 6.07 Å². The van der Waals surface area contributed by atoms with Gasteiger partial charge in [-0.25, -0.2) is 0 Å². The Morgan fingerprint density at radius 1 is 1.14 bits per heavy atom. The highest BCUT2D eigenvalue weighted by molar-refractivity contribution is 5.87. The van der Waals surface area contributed by atoms with E-state index in [2.05, 4.69) is 21.3 Å². The smallest absolute Gasteiger partial charge is 0.241 e. The standard InChI is InChI=1S/C21H29N5O2/c22-21(28)19-14-25(17-6-8-23-9-7-17)11-12-26(19)20(27)4-2-15-1-3-18-16(13-15)5-10-24-18/h1,3,5,10,13,17,19,23-24H,2,4,6-9,11-12,14H2,(H2,22,28). The first-order valence-corrected chi connectivity index (χ1v) is 10.2. The number of nitrogens with two attached hydrogens (primary N) is 1. The van der Waals surface area contributed by atoms with Gasteiger partial charge in [-0.05, 0) is 61.5 Å². The lowest BCUT2D eigenvalue weighted by atomic mass is 10.0. The van der Waals surface area contributed by atoms with E-state index in [1.54, 1.807) is 4.90 Å². The number of primary amides is 1. The molecule has 2 aliphatic heterocycles. The largest absolute Gasteiger partial charge is 0.368 e. The summed E-state index contributed by atoms with van der Waals surface area (Å²) in [5.74, 6) is -0.386. The van der Waals surface area contributed by atoms with Crippen molar-refractivity contribution < 1.29 is 9.59 Å². The second kappa shape index (κ2) is 8.32. The summed E-state index contributed by atoms with van der Waals surface area (Å²) in [4.78, 5) is 32.2. The Balaban J connectivity index is 1.37. The van der Waals surface area contributed by atoms with E-state index in [0.717, 1.165) is 48.9 Å². The molecule has 28 heavy (non-hydrogen) atoms. The van der Waals surface area contributed by atoms with E-state index >= 15 is 0 Å². The summed E-state index contributed by atoms with van der Waals surface area (Å²) in [6.07, 6.45) is 5.15. The number of nitrogens with zero attached hydrogens (tertiary/aromatic N) is 2. The first-order valence-electron chi connectivity index (χ1n) is 10.2. The molecule has 0 saturated carbocycles. The Morgan fingerprint density at radius 3 is 2.75 bits per heavy atom. The Hall–Kier alpha value is -2.38. The molecule has 0 radical (unpaired) electrons. The third kappa shape index (κ3) is 4.05. The fourth-order valence-corrected chi connectivity index (χ4v) is 4.50. The molecule has 1 aromatic heterocycles. The molecule has 2 amide bonds. The van der Waals surface area contributed by atoms with Gasteiger partial charge in [-0.15, -0.1) is 0 Å². The van der Waals surface area contributed by atoms with E-state index in [4.69, 9.17) is 5.73 Å².